The third kappa shape index (κ3) is 5.59. The van der Waals surface area contributed by atoms with Crippen LogP contribution >= 0.6 is 23.4 Å². The summed E-state index contributed by atoms with van der Waals surface area (Å²) in [6.07, 6.45) is 0. The van der Waals surface area contributed by atoms with Crippen molar-refractivity contribution < 1.29 is 13.6 Å². The van der Waals surface area contributed by atoms with E-state index in [1.165, 1.54) is 24.3 Å². The molecule has 1 aliphatic heterocycles. The van der Waals surface area contributed by atoms with Crippen LogP contribution in [0.3, 0.4) is 0 Å². The van der Waals surface area contributed by atoms with Gasteiger partial charge in [0.1, 0.15) is 11.6 Å². The lowest BCUT2D eigenvalue weighted by atomic mass is 10.2. The molecule has 1 aliphatic rings. The molecule has 0 fully saturated rings. The second-order valence-corrected chi connectivity index (χ2v) is 7.56. The lowest BCUT2D eigenvalue weighted by Crippen LogP contribution is -2.27. The van der Waals surface area contributed by atoms with Crippen LogP contribution in [0, 0.1) is 11.6 Å². The van der Waals surface area contributed by atoms with E-state index in [0.717, 1.165) is 12.4 Å². The molecule has 0 radical (unpaired) electrons. The number of hydrogen-bond acceptors (Lipinski definition) is 7. The fourth-order valence-corrected chi connectivity index (χ4v) is 3.45. The predicted octanol–water partition coefficient (Wildman–Crippen LogP) is 3.99. The van der Waals surface area contributed by atoms with E-state index in [9.17, 15) is 8.78 Å². The second-order valence-electron chi connectivity index (χ2n) is 6.30. The predicted molar refractivity (Wildman–Crippen MR) is 116 cm³/mol. The van der Waals surface area contributed by atoms with Crippen LogP contribution in [0.25, 0.3) is 0 Å². The number of hydroxylamine groups is 1. The van der Waals surface area contributed by atoms with Gasteiger partial charge < -0.3 is 25.7 Å². The van der Waals surface area contributed by atoms with Gasteiger partial charge in [0.15, 0.2) is 11.6 Å². The van der Waals surface area contributed by atoms with Crippen molar-refractivity contribution in [3.63, 3.8) is 0 Å². The summed E-state index contributed by atoms with van der Waals surface area (Å²) in [5.41, 5.74) is 4.23. The Morgan fingerprint density at radius 1 is 1.24 bits per heavy atom. The van der Waals surface area contributed by atoms with Gasteiger partial charge in [0.25, 0.3) is 0 Å². The number of anilines is 3. The zero-order valence-corrected chi connectivity index (χ0v) is 17.6. The molecule has 3 rings (SSSR count). The Bertz CT molecular complexity index is 899. The maximum absolute atomic E-state index is 14.5. The SMILES string of the molecule is CNCCN(C)c1cc(F)ccc1Nc1cc(F)c(ONC2=CSCN2)cc1Cl. The molecule has 0 amide bonds. The van der Waals surface area contributed by atoms with Crippen LogP contribution in [0.2, 0.25) is 5.02 Å². The minimum absolute atomic E-state index is 0.0365. The normalized spacial score (nSPS) is 12.9. The zero-order valence-electron chi connectivity index (χ0n) is 16.0. The Kier molecular flexibility index (Phi) is 7.29. The van der Waals surface area contributed by atoms with E-state index in [2.05, 4.69) is 21.4 Å². The van der Waals surface area contributed by atoms with Crippen molar-refractivity contribution in [3.8, 4) is 5.75 Å². The van der Waals surface area contributed by atoms with E-state index in [1.807, 2.05) is 24.4 Å². The molecule has 2 aromatic carbocycles. The van der Waals surface area contributed by atoms with Gasteiger partial charge in [0, 0.05) is 37.7 Å². The van der Waals surface area contributed by atoms with Crippen LogP contribution in [0.1, 0.15) is 0 Å². The number of hydrogen-bond donors (Lipinski definition) is 4. The van der Waals surface area contributed by atoms with Crippen molar-refractivity contribution in [1.82, 2.24) is 16.1 Å². The average Bonchev–Trinajstić information content (AvgIpc) is 3.22. The summed E-state index contributed by atoms with van der Waals surface area (Å²) >= 11 is 7.88. The first-order chi connectivity index (χ1) is 14.0. The number of nitrogens with zero attached hydrogens (tertiary/aromatic N) is 1. The quantitative estimate of drug-likeness (QED) is 0.439. The number of benzene rings is 2. The van der Waals surface area contributed by atoms with Gasteiger partial charge in [-0.05, 0) is 25.2 Å². The van der Waals surface area contributed by atoms with Crippen molar-refractivity contribution in [1.29, 1.82) is 0 Å². The van der Waals surface area contributed by atoms with Crippen LogP contribution in [0.4, 0.5) is 25.8 Å². The standard InChI is InChI=1S/C19H22ClF2N5OS/c1-23-5-6-27(2)17-7-12(21)3-4-15(17)25-16-9-14(22)18(8-13(16)20)28-26-19-10-29-11-24-19/h3-4,7-10,23-26H,5-6,11H2,1-2H3. The van der Waals surface area contributed by atoms with Gasteiger partial charge in [-0.1, -0.05) is 11.6 Å². The molecule has 0 saturated heterocycles. The lowest BCUT2D eigenvalue weighted by Gasteiger charge is -2.23. The summed E-state index contributed by atoms with van der Waals surface area (Å²) in [4.78, 5) is 7.18. The highest BCUT2D eigenvalue weighted by molar-refractivity contribution is 8.02. The van der Waals surface area contributed by atoms with E-state index < -0.39 is 5.82 Å². The third-order valence-electron chi connectivity index (χ3n) is 4.18. The van der Waals surface area contributed by atoms with Gasteiger partial charge >= 0.3 is 0 Å². The molecular weight excluding hydrogens is 420 g/mol. The molecule has 0 bridgehead atoms. The van der Waals surface area contributed by atoms with E-state index in [-0.39, 0.29) is 16.6 Å². The lowest BCUT2D eigenvalue weighted by molar-refractivity contribution is 0.212. The highest BCUT2D eigenvalue weighted by Crippen LogP contribution is 2.35. The summed E-state index contributed by atoms with van der Waals surface area (Å²) in [6, 6.07) is 6.97. The van der Waals surface area contributed by atoms with Crippen molar-refractivity contribution >= 4 is 40.4 Å². The highest BCUT2D eigenvalue weighted by Gasteiger charge is 2.15. The largest absolute Gasteiger partial charge is 0.378 e. The zero-order chi connectivity index (χ0) is 20.8. The van der Waals surface area contributed by atoms with Crippen molar-refractivity contribution in [2.45, 2.75) is 0 Å². The van der Waals surface area contributed by atoms with Crippen LogP contribution in [0.15, 0.2) is 41.6 Å². The number of thioether (sulfide) groups is 1. The van der Waals surface area contributed by atoms with Gasteiger partial charge in [0.05, 0.1) is 28.0 Å². The summed E-state index contributed by atoms with van der Waals surface area (Å²) in [5.74, 6) is 0.379. The topological polar surface area (TPSA) is 60.6 Å². The molecule has 0 aromatic heterocycles. The highest BCUT2D eigenvalue weighted by atomic mass is 35.5. The molecule has 0 saturated carbocycles. The van der Waals surface area contributed by atoms with E-state index in [4.69, 9.17) is 16.4 Å². The fourth-order valence-electron chi connectivity index (χ4n) is 2.63. The smallest absolute Gasteiger partial charge is 0.192 e. The molecule has 0 unspecified atom stereocenters. The number of halogens is 3. The minimum Gasteiger partial charge on any atom is -0.378 e. The molecule has 6 nitrogen and oxygen atoms in total. The first-order valence-electron chi connectivity index (χ1n) is 8.88. The molecular formula is C19H22ClF2N5OS. The van der Waals surface area contributed by atoms with Gasteiger partial charge in [-0.2, -0.15) is 0 Å². The van der Waals surface area contributed by atoms with Crippen molar-refractivity contribution in [3.05, 3.63) is 58.2 Å². The Hall–Kier alpha value is -2.36. The molecule has 1 heterocycles. The Balaban J connectivity index is 1.78. The molecule has 0 atom stereocenters. The van der Waals surface area contributed by atoms with Gasteiger partial charge in [0.2, 0.25) is 0 Å². The van der Waals surface area contributed by atoms with Crippen LogP contribution in [-0.2, 0) is 0 Å². The van der Waals surface area contributed by atoms with Gasteiger partial charge in [-0.25, -0.2) is 14.3 Å². The number of likely N-dealkylation sites (N-methyl/N-ethyl adjacent to an activating group) is 2. The van der Waals surface area contributed by atoms with Gasteiger partial charge in [-0.3, -0.25) is 0 Å². The van der Waals surface area contributed by atoms with Crippen LogP contribution in [0.5, 0.6) is 5.75 Å². The molecule has 4 N–H and O–H groups in total. The Labute approximate surface area is 177 Å². The number of nitrogens with one attached hydrogen (secondary N) is 4. The summed E-state index contributed by atoms with van der Waals surface area (Å²) in [5, 5.41) is 11.3. The van der Waals surface area contributed by atoms with E-state index in [1.54, 1.807) is 17.8 Å². The Morgan fingerprint density at radius 2 is 2.07 bits per heavy atom. The second kappa shape index (κ2) is 9.91. The fraction of sp³-hybridized carbons (Fsp3) is 0.263. The first kappa shape index (κ1) is 21.4. The first-order valence-corrected chi connectivity index (χ1v) is 10.3. The molecule has 29 heavy (non-hydrogen) atoms. The molecule has 0 spiro atoms. The van der Waals surface area contributed by atoms with Crippen LogP contribution < -0.4 is 31.2 Å². The molecule has 0 aliphatic carbocycles. The van der Waals surface area contributed by atoms with E-state index >= 15 is 0 Å². The summed E-state index contributed by atoms with van der Waals surface area (Å²) < 4.78 is 28.3. The van der Waals surface area contributed by atoms with Crippen molar-refractivity contribution in [2.75, 3.05) is 43.3 Å². The summed E-state index contributed by atoms with van der Waals surface area (Å²) in [7, 11) is 3.70. The van der Waals surface area contributed by atoms with E-state index in [0.29, 0.717) is 29.4 Å². The van der Waals surface area contributed by atoms with Crippen molar-refractivity contribution in [2.24, 2.45) is 0 Å². The summed E-state index contributed by atoms with van der Waals surface area (Å²) in [6.45, 7) is 1.39. The maximum atomic E-state index is 14.5. The Morgan fingerprint density at radius 3 is 2.79 bits per heavy atom. The maximum Gasteiger partial charge on any atom is 0.192 e. The molecule has 10 heteroatoms. The van der Waals surface area contributed by atoms with Gasteiger partial charge in [-0.15, -0.1) is 11.8 Å². The monoisotopic (exact) mass is 441 g/mol. The molecule has 156 valence electrons. The number of rotatable bonds is 9. The van der Waals surface area contributed by atoms with Crippen LogP contribution in [-0.4, -0.2) is 33.1 Å². The minimum atomic E-state index is -0.595. The third-order valence-corrected chi connectivity index (χ3v) is 5.20. The average molecular weight is 442 g/mol. The molecule has 2 aromatic rings.